The highest BCUT2D eigenvalue weighted by atomic mass is 32.2. The minimum absolute atomic E-state index is 0.0498. The molecule has 26 heavy (non-hydrogen) atoms. The first-order valence-corrected chi connectivity index (χ1v) is 9.83. The van der Waals surface area contributed by atoms with E-state index < -0.39 is 28.0 Å². The zero-order valence-electron chi connectivity index (χ0n) is 14.8. The standard InChI is InChI=1S/C16H24N4O5S/c1-3-25-13-7-6-12(18-11(2)15(21)19-16(17)22)10-14(13)26(23,24)20-8-4-5-9-20/h6-7,10-11,18H,3-5,8-9H2,1-2H3,(H3,17,19,21,22). The normalized spacial score (nSPS) is 16.1. The maximum atomic E-state index is 12.9. The molecule has 9 nitrogen and oxygen atoms in total. The number of hydrogen-bond acceptors (Lipinski definition) is 6. The van der Waals surface area contributed by atoms with Gasteiger partial charge in [-0.25, -0.2) is 13.2 Å². The molecule has 1 aliphatic rings. The van der Waals surface area contributed by atoms with Gasteiger partial charge in [0.2, 0.25) is 15.9 Å². The lowest BCUT2D eigenvalue weighted by molar-refractivity contribution is -0.120. The second-order valence-electron chi connectivity index (χ2n) is 5.93. The van der Waals surface area contributed by atoms with Gasteiger partial charge in [-0.3, -0.25) is 10.1 Å². The molecule has 1 aromatic carbocycles. The van der Waals surface area contributed by atoms with Gasteiger partial charge in [0.15, 0.2) is 0 Å². The average Bonchev–Trinajstić information content (AvgIpc) is 3.11. The Balaban J connectivity index is 2.30. The lowest BCUT2D eigenvalue weighted by Crippen LogP contribution is -2.43. The van der Waals surface area contributed by atoms with Crippen LogP contribution in [0.5, 0.6) is 5.75 Å². The molecule has 1 fully saturated rings. The molecule has 0 aliphatic carbocycles. The number of sulfonamides is 1. The molecule has 0 aromatic heterocycles. The van der Waals surface area contributed by atoms with Crippen molar-refractivity contribution in [3.05, 3.63) is 18.2 Å². The van der Waals surface area contributed by atoms with Crippen LogP contribution >= 0.6 is 0 Å². The van der Waals surface area contributed by atoms with Gasteiger partial charge in [-0.15, -0.1) is 0 Å². The largest absolute Gasteiger partial charge is 0.492 e. The average molecular weight is 384 g/mol. The molecular formula is C16H24N4O5S. The van der Waals surface area contributed by atoms with Crippen molar-refractivity contribution in [3.8, 4) is 5.75 Å². The summed E-state index contributed by atoms with van der Waals surface area (Å²) in [5.74, 6) is -0.352. The van der Waals surface area contributed by atoms with Crippen molar-refractivity contribution in [1.82, 2.24) is 9.62 Å². The van der Waals surface area contributed by atoms with Crippen molar-refractivity contribution >= 4 is 27.6 Å². The fraction of sp³-hybridized carbons (Fsp3) is 0.500. The number of rotatable bonds is 7. The monoisotopic (exact) mass is 384 g/mol. The molecule has 4 N–H and O–H groups in total. The third-order valence-corrected chi connectivity index (χ3v) is 5.87. The van der Waals surface area contributed by atoms with Crippen LogP contribution in [0.15, 0.2) is 23.1 Å². The topological polar surface area (TPSA) is 131 Å². The van der Waals surface area contributed by atoms with Crippen molar-refractivity contribution in [2.24, 2.45) is 5.73 Å². The number of benzene rings is 1. The van der Waals surface area contributed by atoms with E-state index in [1.165, 1.54) is 17.3 Å². The van der Waals surface area contributed by atoms with Crippen LogP contribution in [0.25, 0.3) is 0 Å². The molecule has 1 heterocycles. The van der Waals surface area contributed by atoms with Gasteiger partial charge < -0.3 is 15.8 Å². The van der Waals surface area contributed by atoms with Crippen molar-refractivity contribution in [3.63, 3.8) is 0 Å². The van der Waals surface area contributed by atoms with E-state index in [0.717, 1.165) is 12.8 Å². The van der Waals surface area contributed by atoms with E-state index in [4.69, 9.17) is 10.5 Å². The van der Waals surface area contributed by atoms with Crippen LogP contribution in [0.4, 0.5) is 10.5 Å². The number of urea groups is 1. The third kappa shape index (κ3) is 4.64. The number of hydrogen-bond donors (Lipinski definition) is 3. The molecule has 1 unspecified atom stereocenters. The molecule has 2 rings (SSSR count). The third-order valence-electron chi connectivity index (χ3n) is 3.95. The van der Waals surface area contributed by atoms with Crippen molar-refractivity contribution in [2.45, 2.75) is 37.6 Å². The summed E-state index contributed by atoms with van der Waals surface area (Å²) in [4.78, 5) is 22.6. The number of carbonyl (C=O) groups is 2. The Morgan fingerprint density at radius 3 is 2.54 bits per heavy atom. The van der Waals surface area contributed by atoms with Gasteiger partial charge in [-0.2, -0.15) is 4.31 Å². The molecule has 0 radical (unpaired) electrons. The quantitative estimate of drug-likeness (QED) is 0.639. The zero-order valence-corrected chi connectivity index (χ0v) is 15.6. The summed E-state index contributed by atoms with van der Waals surface area (Å²) in [6.07, 6.45) is 1.65. The van der Waals surface area contributed by atoms with Crippen LogP contribution in [-0.2, 0) is 14.8 Å². The van der Waals surface area contributed by atoms with E-state index in [-0.39, 0.29) is 10.6 Å². The van der Waals surface area contributed by atoms with Crippen molar-refractivity contribution < 1.29 is 22.7 Å². The molecule has 0 spiro atoms. The molecule has 10 heteroatoms. The highest BCUT2D eigenvalue weighted by Crippen LogP contribution is 2.31. The van der Waals surface area contributed by atoms with E-state index in [1.807, 2.05) is 5.32 Å². The first kappa shape index (κ1) is 20.0. The van der Waals surface area contributed by atoms with Crippen LogP contribution in [0.2, 0.25) is 0 Å². The first-order valence-electron chi connectivity index (χ1n) is 8.39. The van der Waals surface area contributed by atoms with Crippen molar-refractivity contribution in [2.75, 3.05) is 25.0 Å². The van der Waals surface area contributed by atoms with Crippen LogP contribution in [0, 0.1) is 0 Å². The van der Waals surface area contributed by atoms with E-state index in [1.54, 1.807) is 19.1 Å². The molecule has 1 aromatic rings. The summed E-state index contributed by atoms with van der Waals surface area (Å²) in [5.41, 5.74) is 5.34. The number of nitrogens with zero attached hydrogens (tertiary/aromatic N) is 1. The number of nitrogens with two attached hydrogens (primary N) is 1. The minimum Gasteiger partial charge on any atom is -0.492 e. The SMILES string of the molecule is CCOc1ccc(NC(C)C(=O)NC(N)=O)cc1S(=O)(=O)N1CCCC1. The number of imide groups is 1. The molecule has 1 aliphatic heterocycles. The Bertz CT molecular complexity index is 775. The summed E-state index contributed by atoms with van der Waals surface area (Å²) in [7, 11) is -3.70. The molecule has 144 valence electrons. The first-order chi connectivity index (χ1) is 12.3. The van der Waals surface area contributed by atoms with Crippen LogP contribution in [0.1, 0.15) is 26.7 Å². The summed E-state index contributed by atoms with van der Waals surface area (Å²) < 4.78 is 32.7. The Morgan fingerprint density at radius 2 is 1.96 bits per heavy atom. The van der Waals surface area contributed by atoms with Gasteiger partial charge in [-0.05, 0) is 44.9 Å². The maximum Gasteiger partial charge on any atom is 0.318 e. The summed E-state index contributed by atoms with van der Waals surface area (Å²) in [5, 5.41) is 4.83. The fourth-order valence-electron chi connectivity index (χ4n) is 2.69. The van der Waals surface area contributed by atoms with Gasteiger partial charge in [0.25, 0.3) is 0 Å². The van der Waals surface area contributed by atoms with E-state index in [2.05, 4.69) is 5.32 Å². The Hall–Kier alpha value is -2.33. The zero-order chi connectivity index (χ0) is 19.3. The van der Waals surface area contributed by atoms with Crippen LogP contribution < -0.4 is 21.1 Å². The number of carbonyl (C=O) groups excluding carboxylic acids is 2. The second-order valence-corrected chi connectivity index (χ2v) is 7.83. The number of ether oxygens (including phenoxy) is 1. The number of anilines is 1. The molecule has 1 atom stereocenters. The molecule has 1 saturated heterocycles. The predicted molar refractivity (Wildman–Crippen MR) is 96.4 cm³/mol. The Kier molecular flexibility index (Phi) is 6.43. The van der Waals surface area contributed by atoms with E-state index in [0.29, 0.717) is 25.4 Å². The molecule has 0 bridgehead atoms. The number of primary amides is 1. The number of nitrogens with one attached hydrogen (secondary N) is 2. The Morgan fingerprint density at radius 1 is 1.31 bits per heavy atom. The highest BCUT2D eigenvalue weighted by molar-refractivity contribution is 7.89. The molecule has 0 saturated carbocycles. The summed E-state index contributed by atoms with van der Waals surface area (Å²) in [6.45, 7) is 4.58. The summed E-state index contributed by atoms with van der Waals surface area (Å²) >= 11 is 0. The fourth-order valence-corrected chi connectivity index (χ4v) is 4.36. The lowest BCUT2D eigenvalue weighted by atomic mass is 10.2. The van der Waals surface area contributed by atoms with Gasteiger partial charge in [0, 0.05) is 18.8 Å². The van der Waals surface area contributed by atoms with Gasteiger partial charge in [-0.1, -0.05) is 0 Å². The lowest BCUT2D eigenvalue weighted by Gasteiger charge is -2.20. The van der Waals surface area contributed by atoms with E-state index in [9.17, 15) is 18.0 Å². The minimum atomic E-state index is -3.70. The highest BCUT2D eigenvalue weighted by Gasteiger charge is 2.30. The molecule has 3 amide bonds. The predicted octanol–water partition coefficient (Wildman–Crippen LogP) is 0.865. The second kappa shape index (κ2) is 8.37. The van der Waals surface area contributed by atoms with Gasteiger partial charge in [0.1, 0.15) is 16.7 Å². The smallest absolute Gasteiger partial charge is 0.318 e. The maximum absolute atomic E-state index is 12.9. The van der Waals surface area contributed by atoms with E-state index >= 15 is 0 Å². The van der Waals surface area contributed by atoms with Crippen LogP contribution in [-0.4, -0.2) is 50.4 Å². The number of amides is 3. The Labute approximate surface area is 152 Å². The van der Waals surface area contributed by atoms with Gasteiger partial charge >= 0.3 is 6.03 Å². The molecular weight excluding hydrogens is 360 g/mol. The van der Waals surface area contributed by atoms with Crippen molar-refractivity contribution in [1.29, 1.82) is 0 Å². The van der Waals surface area contributed by atoms with Gasteiger partial charge in [0.05, 0.1) is 6.61 Å². The summed E-state index contributed by atoms with van der Waals surface area (Å²) in [6, 6.07) is 2.86. The van der Waals surface area contributed by atoms with Crippen LogP contribution in [0.3, 0.4) is 0 Å².